The van der Waals surface area contributed by atoms with E-state index in [1.165, 1.54) is 28.4 Å². The van der Waals surface area contributed by atoms with E-state index < -0.39 is 23.9 Å². The summed E-state index contributed by atoms with van der Waals surface area (Å²) >= 11 is 4.49. The van der Waals surface area contributed by atoms with Crippen LogP contribution in [0.1, 0.15) is 11.1 Å². The molecule has 0 unspecified atom stereocenters. The fourth-order valence-electron chi connectivity index (χ4n) is 2.68. The number of methoxy groups -OCH3 is 4. The number of ether oxygens (including phenoxy) is 4. The Hall–Kier alpha value is -2.54. The molecule has 0 amide bonds. The quantitative estimate of drug-likeness (QED) is 0.380. The molecule has 0 aromatic heterocycles. The molecule has 0 atom stereocenters. The lowest BCUT2D eigenvalue weighted by atomic mass is 10.1. The summed E-state index contributed by atoms with van der Waals surface area (Å²) in [5.41, 5.74) is 1.60. The van der Waals surface area contributed by atoms with Gasteiger partial charge in [-0.15, -0.1) is 0 Å². The molecule has 0 radical (unpaired) electrons. The number of hydrogen-bond donors (Lipinski definition) is 0. The van der Waals surface area contributed by atoms with Crippen molar-refractivity contribution in [2.75, 3.05) is 28.4 Å². The van der Waals surface area contributed by atoms with Gasteiger partial charge in [0.25, 0.3) is 0 Å². The Morgan fingerprint density at radius 2 is 0.824 bits per heavy atom. The Labute approximate surface area is 212 Å². The first-order chi connectivity index (χ1) is 16.3. The van der Waals surface area contributed by atoms with Crippen molar-refractivity contribution in [1.29, 1.82) is 0 Å². The second-order valence-electron chi connectivity index (χ2n) is 6.25. The Morgan fingerprint density at radius 3 is 1.06 bits per heavy atom. The molecule has 1 aromatic carbocycles. The molecule has 0 saturated carbocycles. The molecule has 2 aliphatic heterocycles. The van der Waals surface area contributed by atoms with Crippen molar-refractivity contribution in [3.8, 4) is 0 Å². The van der Waals surface area contributed by atoms with E-state index in [0.29, 0.717) is 8.47 Å². The van der Waals surface area contributed by atoms with E-state index >= 15 is 0 Å². The Kier molecular flexibility index (Phi) is 9.00. The molecule has 0 bridgehead atoms. The molecule has 2 heterocycles. The van der Waals surface area contributed by atoms with Gasteiger partial charge >= 0.3 is 23.9 Å². The zero-order valence-corrected chi connectivity index (χ0v) is 21.6. The van der Waals surface area contributed by atoms with E-state index in [1.54, 1.807) is 0 Å². The van der Waals surface area contributed by atoms with Gasteiger partial charge in [0.15, 0.2) is 0 Å². The zero-order chi connectivity index (χ0) is 24.8. The first-order valence-corrected chi connectivity index (χ1v) is 12.6. The van der Waals surface area contributed by atoms with Crippen molar-refractivity contribution in [1.82, 2.24) is 0 Å². The van der Waals surface area contributed by atoms with Gasteiger partial charge in [-0.1, -0.05) is 71.3 Å². The highest BCUT2D eigenvalue weighted by molar-refractivity contribution is 8.30. The number of rotatable bonds is 6. The van der Waals surface area contributed by atoms with Gasteiger partial charge in [0.05, 0.1) is 36.9 Å². The van der Waals surface area contributed by atoms with E-state index in [4.69, 9.17) is 18.9 Å². The summed E-state index contributed by atoms with van der Waals surface area (Å²) in [5, 5.41) is 0. The van der Waals surface area contributed by atoms with Crippen LogP contribution in [0.4, 0.5) is 0 Å². The molecule has 0 aliphatic carbocycles. The summed E-state index contributed by atoms with van der Waals surface area (Å²) in [7, 11) is 4.98. The molecular weight excluding hydrogens is 521 g/mol. The zero-order valence-electron chi connectivity index (χ0n) is 18.4. The van der Waals surface area contributed by atoms with Crippen LogP contribution >= 0.6 is 47.0 Å². The fraction of sp³-hybridized carbons (Fsp3) is 0.182. The Balaban J connectivity index is 1.91. The molecule has 0 fully saturated rings. The molecule has 0 saturated heterocycles. The summed E-state index contributed by atoms with van der Waals surface area (Å²) < 4.78 is 20.5. The number of carbonyl (C=O) groups excluding carboxylic acids is 4. The topological polar surface area (TPSA) is 105 Å². The third kappa shape index (κ3) is 5.74. The summed E-state index contributed by atoms with van der Waals surface area (Å²) in [6, 6.07) is 7.44. The molecule has 12 heteroatoms. The summed E-state index contributed by atoms with van der Waals surface area (Å²) in [4.78, 5) is 49.1. The Bertz CT molecular complexity index is 1030. The van der Waals surface area contributed by atoms with Crippen LogP contribution in [0, 0.1) is 0 Å². The summed E-state index contributed by atoms with van der Waals surface area (Å²) in [5.74, 6) is -2.47. The van der Waals surface area contributed by atoms with E-state index in [9.17, 15) is 19.2 Å². The van der Waals surface area contributed by atoms with E-state index in [2.05, 4.69) is 0 Å². The number of carbonyl (C=O) groups is 4. The minimum absolute atomic E-state index is 0.165. The average molecular weight is 539 g/mol. The smallest absolute Gasteiger partial charge is 0.346 e. The standard InChI is InChI=1S/C22H18O8S4/c1-27-19(23)15-16(20(24)28-2)32-13(31-15)9-11-7-5-6-8-12(11)10-14-33-17(21(25)29-3)18(34-14)22(26)30-4/h5-10H,1-4H3. The van der Waals surface area contributed by atoms with Crippen LogP contribution < -0.4 is 0 Å². The molecule has 2 aliphatic rings. The van der Waals surface area contributed by atoms with Gasteiger partial charge in [0.2, 0.25) is 0 Å². The number of esters is 4. The number of thioether (sulfide) groups is 4. The first kappa shape index (κ1) is 26.1. The van der Waals surface area contributed by atoms with Crippen molar-refractivity contribution < 1.29 is 38.1 Å². The van der Waals surface area contributed by atoms with Gasteiger partial charge in [-0.25, -0.2) is 19.2 Å². The lowest BCUT2D eigenvalue weighted by molar-refractivity contribution is -0.138. The van der Waals surface area contributed by atoms with Crippen LogP contribution in [0.3, 0.4) is 0 Å². The molecule has 0 N–H and O–H groups in total. The monoisotopic (exact) mass is 538 g/mol. The summed E-state index contributed by atoms with van der Waals surface area (Å²) in [6.07, 6.45) is 3.67. The van der Waals surface area contributed by atoms with Crippen molar-refractivity contribution in [2.24, 2.45) is 0 Å². The molecule has 0 spiro atoms. The lowest BCUT2D eigenvalue weighted by Crippen LogP contribution is -2.08. The van der Waals surface area contributed by atoms with E-state index in [0.717, 1.165) is 58.2 Å². The maximum Gasteiger partial charge on any atom is 0.346 e. The van der Waals surface area contributed by atoms with Gasteiger partial charge in [-0.05, 0) is 23.3 Å². The largest absolute Gasteiger partial charge is 0.465 e. The third-order valence-electron chi connectivity index (χ3n) is 4.25. The second-order valence-corrected chi connectivity index (χ2v) is 11.0. The maximum atomic E-state index is 12.1. The second kappa shape index (κ2) is 11.7. The molecule has 3 rings (SSSR count). The van der Waals surface area contributed by atoms with E-state index in [1.807, 2.05) is 36.4 Å². The number of hydrogen-bond acceptors (Lipinski definition) is 12. The first-order valence-electron chi connectivity index (χ1n) is 9.38. The van der Waals surface area contributed by atoms with Crippen LogP contribution in [-0.2, 0) is 38.1 Å². The molecule has 8 nitrogen and oxygen atoms in total. The molecule has 34 heavy (non-hydrogen) atoms. The van der Waals surface area contributed by atoms with Gasteiger partial charge in [0, 0.05) is 0 Å². The van der Waals surface area contributed by atoms with Crippen LogP contribution in [0.15, 0.2) is 52.4 Å². The average Bonchev–Trinajstić information content (AvgIpc) is 3.48. The Morgan fingerprint density at radius 1 is 0.559 bits per heavy atom. The van der Waals surface area contributed by atoms with Gasteiger partial charge in [0.1, 0.15) is 19.6 Å². The van der Waals surface area contributed by atoms with Crippen LogP contribution in [0.5, 0.6) is 0 Å². The van der Waals surface area contributed by atoms with Crippen molar-refractivity contribution in [3.63, 3.8) is 0 Å². The van der Waals surface area contributed by atoms with Crippen LogP contribution in [-0.4, -0.2) is 52.3 Å². The summed E-state index contributed by atoms with van der Waals surface area (Å²) in [6.45, 7) is 0. The van der Waals surface area contributed by atoms with Crippen molar-refractivity contribution in [2.45, 2.75) is 0 Å². The SMILES string of the molecule is COC(=O)C1=C(C(=O)OC)SC(=Cc2ccccc2C=C2SC(C(=O)OC)=C(C(=O)OC)S2)S1. The van der Waals surface area contributed by atoms with Gasteiger partial charge in [-0.3, -0.25) is 0 Å². The lowest BCUT2D eigenvalue weighted by Gasteiger charge is -2.04. The van der Waals surface area contributed by atoms with Crippen LogP contribution in [0.2, 0.25) is 0 Å². The van der Waals surface area contributed by atoms with Crippen molar-refractivity contribution in [3.05, 3.63) is 63.5 Å². The molecule has 1 aromatic rings. The predicted molar refractivity (Wildman–Crippen MR) is 135 cm³/mol. The maximum absolute atomic E-state index is 12.1. The minimum atomic E-state index is -0.618. The third-order valence-corrected chi connectivity index (χ3v) is 9.08. The van der Waals surface area contributed by atoms with Crippen LogP contribution in [0.25, 0.3) is 12.2 Å². The van der Waals surface area contributed by atoms with Crippen molar-refractivity contribution >= 4 is 83.1 Å². The molecular formula is C22H18O8S4. The molecule has 178 valence electrons. The predicted octanol–water partition coefficient (Wildman–Crippen LogP) is 4.36. The number of benzene rings is 1. The van der Waals surface area contributed by atoms with E-state index in [-0.39, 0.29) is 19.6 Å². The van der Waals surface area contributed by atoms with Gasteiger partial charge in [-0.2, -0.15) is 0 Å². The normalized spacial score (nSPS) is 15.3. The highest BCUT2D eigenvalue weighted by atomic mass is 32.2. The fourth-order valence-corrected chi connectivity index (χ4v) is 7.44. The highest BCUT2D eigenvalue weighted by Crippen LogP contribution is 2.52. The highest BCUT2D eigenvalue weighted by Gasteiger charge is 2.33. The van der Waals surface area contributed by atoms with Gasteiger partial charge < -0.3 is 18.9 Å². The minimum Gasteiger partial charge on any atom is -0.465 e.